The Morgan fingerprint density at radius 1 is 0.324 bits per heavy atom. The van der Waals surface area contributed by atoms with E-state index >= 15 is 0 Å². The molecule has 4 N–H and O–H groups in total. The molecule has 0 saturated carbocycles. The van der Waals surface area contributed by atoms with Crippen molar-refractivity contribution in [2.24, 2.45) is 0 Å². The van der Waals surface area contributed by atoms with Crippen LogP contribution in [0, 0.1) is 0 Å². The molecule has 4 atom stereocenters. The number of hydrogen-bond acceptors (Lipinski definition) is 4. The Balaban J connectivity index is 0.000000463. The third kappa shape index (κ3) is 17.1. The van der Waals surface area contributed by atoms with Crippen molar-refractivity contribution >= 4 is 98.4 Å². The molecule has 0 heterocycles. The van der Waals surface area contributed by atoms with E-state index in [1.807, 2.05) is 24.3 Å². The quantitative estimate of drug-likeness (QED) is 0.188. The molecule has 0 spiro atoms. The predicted octanol–water partition coefficient (Wildman–Crippen LogP) is -1.16. The maximum absolute atomic E-state index is 10.4. The van der Waals surface area contributed by atoms with Gasteiger partial charge in [-0.25, -0.2) is 0 Å². The normalized spacial score (nSPS) is 12.6. The summed E-state index contributed by atoms with van der Waals surface area (Å²) in [4.78, 5) is 0. The molecular weight excluding hydrogens is 851 g/mol. The van der Waals surface area contributed by atoms with Gasteiger partial charge in [-0.1, -0.05) is 0 Å². The minimum atomic E-state index is -2.66. The van der Waals surface area contributed by atoms with Crippen LogP contribution < -0.4 is 17.8 Å². The maximum atomic E-state index is 10.4. The van der Waals surface area contributed by atoms with Crippen LogP contribution in [0.4, 0.5) is 0 Å². The van der Waals surface area contributed by atoms with E-state index in [1.165, 1.54) is 0 Å². The molecule has 0 saturated heterocycles. The van der Waals surface area contributed by atoms with Gasteiger partial charge in [0.25, 0.3) is 0 Å². The van der Waals surface area contributed by atoms with Gasteiger partial charge < -0.3 is 0 Å². The second-order valence-electron chi connectivity index (χ2n) is 6.25. The smallest absolute Gasteiger partial charge is 0 e. The molecular formula is C24H24O8Se4Sn. The molecule has 0 aromatic heterocycles. The molecule has 0 fully saturated rings. The summed E-state index contributed by atoms with van der Waals surface area (Å²) < 4.78 is 78.2. The summed E-state index contributed by atoms with van der Waals surface area (Å²) in [7, 11) is 0. The van der Waals surface area contributed by atoms with Gasteiger partial charge in [-0.2, -0.15) is 0 Å². The molecule has 8 nitrogen and oxygen atoms in total. The first kappa shape index (κ1) is 35.8. The summed E-state index contributed by atoms with van der Waals surface area (Å²) >= 11 is -10.6. The van der Waals surface area contributed by atoms with Gasteiger partial charge in [0, 0.05) is 23.9 Å². The van der Waals surface area contributed by atoms with Crippen LogP contribution >= 0.6 is 0 Å². The van der Waals surface area contributed by atoms with Crippen molar-refractivity contribution < 1.29 is 32.1 Å². The van der Waals surface area contributed by atoms with Gasteiger partial charge in [0.05, 0.1) is 0 Å². The van der Waals surface area contributed by atoms with Gasteiger partial charge in [0.15, 0.2) is 0 Å². The molecule has 4 aromatic rings. The zero-order valence-electron chi connectivity index (χ0n) is 19.1. The second kappa shape index (κ2) is 21.7. The van der Waals surface area contributed by atoms with E-state index in [2.05, 4.69) is 0 Å². The Kier molecular flexibility index (Phi) is 21.0. The SMILES string of the molecule is O=[Se](O)c1ccccc1.O=[Se](O)c1ccccc1.O=[Se](O)c1ccccc1.O=[Se](O)c1ccccc1.[Sn]. The Hall–Kier alpha value is -1.20. The molecule has 0 aliphatic heterocycles. The summed E-state index contributed by atoms with van der Waals surface area (Å²) in [5.41, 5.74) is 0. The standard InChI is InChI=1S/4C6H6O2Se.Sn/c4*7-9(8)6-4-2-1-3-5-6;/h4*1-5H,(H,7,8);. The van der Waals surface area contributed by atoms with Crippen LogP contribution in [0.25, 0.3) is 0 Å². The molecule has 0 amide bonds. The van der Waals surface area contributed by atoms with Crippen LogP contribution in [0.3, 0.4) is 0 Å². The van der Waals surface area contributed by atoms with Crippen LogP contribution in [-0.4, -0.2) is 97.3 Å². The Morgan fingerprint density at radius 2 is 0.459 bits per heavy atom. The average Bonchev–Trinajstić information content (AvgIpc) is 2.92. The average molecular weight is 875 g/mol. The summed E-state index contributed by atoms with van der Waals surface area (Å²) in [5.74, 6) is 0. The molecule has 4 unspecified atom stereocenters. The minimum Gasteiger partial charge on any atom is 0 e. The molecule has 4 rings (SSSR count). The molecule has 0 aliphatic carbocycles. The van der Waals surface area contributed by atoms with Crippen LogP contribution in [0.2, 0.25) is 0 Å². The fourth-order valence-corrected chi connectivity index (χ4v) is 5.42. The van der Waals surface area contributed by atoms with E-state index in [9.17, 15) is 15.3 Å². The summed E-state index contributed by atoms with van der Waals surface area (Å²) in [5, 5.41) is 0. The van der Waals surface area contributed by atoms with Crippen LogP contribution in [0.15, 0.2) is 121 Å². The molecule has 196 valence electrons. The number of benzene rings is 4. The van der Waals surface area contributed by atoms with Crippen molar-refractivity contribution in [2.75, 3.05) is 0 Å². The monoisotopic (exact) mass is 880 g/mol. The van der Waals surface area contributed by atoms with Gasteiger partial charge in [-0.15, -0.1) is 0 Å². The second-order valence-corrected chi connectivity index (χ2v) is 14.4. The van der Waals surface area contributed by atoms with Crippen LogP contribution in [-0.2, 0) is 15.3 Å². The Labute approximate surface area is 249 Å². The summed E-state index contributed by atoms with van der Waals surface area (Å²) in [6.07, 6.45) is 0. The first-order chi connectivity index (χ1) is 17.2. The van der Waals surface area contributed by atoms with Gasteiger partial charge in [-0.05, 0) is 0 Å². The number of hydrogen-bond donors (Lipinski definition) is 4. The third-order valence-electron chi connectivity index (χ3n) is 3.78. The molecule has 13 heteroatoms. The summed E-state index contributed by atoms with van der Waals surface area (Å²) in [6.45, 7) is 0. The molecule has 4 radical (unpaired) electrons. The zero-order valence-corrected chi connectivity index (χ0v) is 28.8. The van der Waals surface area contributed by atoms with Crippen molar-refractivity contribution in [1.82, 2.24) is 0 Å². The molecule has 0 bridgehead atoms. The first-order valence-corrected chi connectivity index (χ1v) is 19.1. The maximum Gasteiger partial charge on any atom is 0 e. The van der Waals surface area contributed by atoms with Gasteiger partial charge in [0.2, 0.25) is 0 Å². The van der Waals surface area contributed by atoms with Gasteiger partial charge >= 0.3 is 228 Å². The zero-order chi connectivity index (χ0) is 26.8. The van der Waals surface area contributed by atoms with Crippen molar-refractivity contribution in [3.8, 4) is 0 Å². The minimum absolute atomic E-state index is 0. The predicted molar refractivity (Wildman–Crippen MR) is 145 cm³/mol. The fraction of sp³-hybridized carbons (Fsp3) is 0. The van der Waals surface area contributed by atoms with Crippen LogP contribution in [0.1, 0.15) is 0 Å². The van der Waals surface area contributed by atoms with Crippen molar-refractivity contribution in [2.45, 2.75) is 0 Å². The van der Waals surface area contributed by atoms with Crippen molar-refractivity contribution in [3.63, 3.8) is 0 Å². The van der Waals surface area contributed by atoms with E-state index < -0.39 is 56.7 Å². The van der Waals surface area contributed by atoms with Crippen molar-refractivity contribution in [3.05, 3.63) is 121 Å². The van der Waals surface area contributed by atoms with E-state index in [-0.39, 0.29) is 23.9 Å². The molecule has 0 aliphatic rings. The van der Waals surface area contributed by atoms with E-state index in [1.54, 1.807) is 97.1 Å². The van der Waals surface area contributed by atoms with E-state index in [0.29, 0.717) is 17.8 Å². The third-order valence-corrected chi connectivity index (χ3v) is 9.45. The fourth-order valence-electron chi connectivity index (χ4n) is 2.15. The van der Waals surface area contributed by atoms with E-state index in [4.69, 9.17) is 16.8 Å². The van der Waals surface area contributed by atoms with Gasteiger partial charge in [-0.3, -0.25) is 0 Å². The van der Waals surface area contributed by atoms with Gasteiger partial charge in [0.1, 0.15) is 0 Å². The first-order valence-electron chi connectivity index (χ1n) is 9.86. The molecule has 4 aromatic carbocycles. The largest absolute Gasteiger partial charge is 0 e. The van der Waals surface area contributed by atoms with E-state index in [0.717, 1.165) is 0 Å². The Morgan fingerprint density at radius 3 is 0.541 bits per heavy atom. The Bertz CT molecular complexity index is 1030. The van der Waals surface area contributed by atoms with Crippen molar-refractivity contribution in [1.29, 1.82) is 0 Å². The number of rotatable bonds is 4. The van der Waals surface area contributed by atoms with Crippen LogP contribution in [0.5, 0.6) is 0 Å². The topological polar surface area (TPSA) is 149 Å². The molecule has 37 heavy (non-hydrogen) atoms. The summed E-state index contributed by atoms with van der Waals surface area (Å²) in [6, 6.07) is 34.5.